The highest BCUT2D eigenvalue weighted by molar-refractivity contribution is 5.90. The van der Waals surface area contributed by atoms with Gasteiger partial charge in [0.25, 0.3) is 5.91 Å². The molecular weight excluding hydrogens is 216 g/mol. The average Bonchev–Trinajstić information content (AvgIpc) is 2.77. The summed E-state index contributed by atoms with van der Waals surface area (Å²) in [6.07, 6.45) is 4.81. The van der Waals surface area contributed by atoms with Gasteiger partial charge in [-0.2, -0.15) is 0 Å². The molecule has 5 heteroatoms. The number of nitrogens with one attached hydrogen (secondary N) is 2. The number of aromatic nitrogens is 3. The Bertz CT molecular complexity index is 348. The van der Waals surface area contributed by atoms with Crippen molar-refractivity contribution in [3.8, 4) is 0 Å². The summed E-state index contributed by atoms with van der Waals surface area (Å²) in [6, 6.07) is 0.223. The quantitative estimate of drug-likeness (QED) is 0.764. The van der Waals surface area contributed by atoms with Crippen LogP contribution in [0.3, 0.4) is 0 Å². The van der Waals surface area contributed by atoms with Gasteiger partial charge < -0.3 is 5.32 Å². The van der Waals surface area contributed by atoms with Crippen LogP contribution in [0.2, 0.25) is 0 Å². The number of hydrogen-bond donors (Lipinski definition) is 2. The Morgan fingerprint density at radius 1 is 1.35 bits per heavy atom. The number of aryl methyl sites for hydroxylation is 1. The summed E-state index contributed by atoms with van der Waals surface area (Å²) in [5.74, 6) is 0.855. The molecule has 0 aliphatic heterocycles. The van der Waals surface area contributed by atoms with Crippen molar-refractivity contribution in [2.24, 2.45) is 0 Å². The summed E-state index contributed by atoms with van der Waals surface area (Å²) in [5, 5.41) is 9.68. The Kier molecular flexibility index (Phi) is 5.66. The minimum atomic E-state index is -0.177. The lowest BCUT2D eigenvalue weighted by Crippen LogP contribution is -2.34. The van der Waals surface area contributed by atoms with Crippen molar-refractivity contribution in [1.29, 1.82) is 0 Å². The second kappa shape index (κ2) is 7.04. The molecule has 1 rings (SSSR count). The van der Waals surface area contributed by atoms with Crippen LogP contribution in [-0.2, 0) is 6.42 Å². The topological polar surface area (TPSA) is 70.7 Å². The van der Waals surface area contributed by atoms with E-state index < -0.39 is 0 Å². The van der Waals surface area contributed by atoms with Crippen molar-refractivity contribution in [2.75, 3.05) is 0 Å². The average molecular weight is 238 g/mol. The molecule has 0 fully saturated rings. The number of hydrogen-bond acceptors (Lipinski definition) is 3. The van der Waals surface area contributed by atoms with Gasteiger partial charge in [0.15, 0.2) is 0 Å². The van der Waals surface area contributed by atoms with E-state index in [0.29, 0.717) is 0 Å². The normalized spacial score (nSPS) is 12.4. The van der Waals surface area contributed by atoms with Gasteiger partial charge in [-0.25, -0.2) is 4.98 Å². The molecule has 0 saturated heterocycles. The maximum absolute atomic E-state index is 11.9. The Labute approximate surface area is 102 Å². The van der Waals surface area contributed by atoms with Crippen LogP contribution in [0.15, 0.2) is 0 Å². The third-order valence-electron chi connectivity index (χ3n) is 2.69. The first kappa shape index (κ1) is 13.7. The molecule has 1 atom stereocenters. The summed E-state index contributed by atoms with van der Waals surface area (Å²) >= 11 is 0. The monoisotopic (exact) mass is 238 g/mol. The van der Waals surface area contributed by atoms with Gasteiger partial charge in [-0.05, 0) is 19.3 Å². The van der Waals surface area contributed by atoms with E-state index in [4.69, 9.17) is 0 Å². The summed E-state index contributed by atoms with van der Waals surface area (Å²) in [4.78, 5) is 16.0. The van der Waals surface area contributed by atoms with E-state index in [9.17, 15) is 4.79 Å². The number of amides is 1. The Morgan fingerprint density at radius 2 is 2.12 bits per heavy atom. The fourth-order valence-electron chi connectivity index (χ4n) is 1.72. The minimum absolute atomic E-state index is 0.177. The molecule has 96 valence electrons. The third kappa shape index (κ3) is 4.17. The summed E-state index contributed by atoms with van der Waals surface area (Å²) < 4.78 is 0. The van der Waals surface area contributed by atoms with Crippen LogP contribution in [0.5, 0.6) is 0 Å². The molecular formula is C12H22N4O. The van der Waals surface area contributed by atoms with Gasteiger partial charge in [0, 0.05) is 12.5 Å². The lowest BCUT2D eigenvalue weighted by molar-refractivity contribution is 0.0923. The molecule has 1 aromatic heterocycles. The van der Waals surface area contributed by atoms with E-state index in [1.807, 2.05) is 0 Å². The third-order valence-corrected chi connectivity index (χ3v) is 2.69. The molecule has 0 aliphatic rings. The highest BCUT2D eigenvalue weighted by Crippen LogP contribution is 2.03. The highest BCUT2D eigenvalue weighted by Gasteiger charge is 2.15. The highest BCUT2D eigenvalue weighted by atomic mass is 16.2. The molecule has 0 bridgehead atoms. The lowest BCUT2D eigenvalue weighted by atomic mass is 10.1. The fourth-order valence-corrected chi connectivity index (χ4v) is 1.72. The van der Waals surface area contributed by atoms with Crippen LogP contribution in [0, 0.1) is 0 Å². The van der Waals surface area contributed by atoms with Gasteiger partial charge in [-0.3, -0.25) is 9.89 Å². The van der Waals surface area contributed by atoms with Crippen LogP contribution < -0.4 is 5.32 Å². The zero-order valence-electron chi connectivity index (χ0n) is 10.9. The van der Waals surface area contributed by atoms with Crippen LogP contribution in [0.1, 0.15) is 62.9 Å². The largest absolute Gasteiger partial charge is 0.347 e. The van der Waals surface area contributed by atoms with Crippen LogP contribution in [0.4, 0.5) is 0 Å². The first-order valence-electron chi connectivity index (χ1n) is 6.43. The van der Waals surface area contributed by atoms with Crippen LogP contribution in [-0.4, -0.2) is 27.1 Å². The Morgan fingerprint density at radius 3 is 2.71 bits per heavy atom. The molecule has 1 unspecified atom stereocenters. The second-order valence-corrected chi connectivity index (χ2v) is 4.22. The van der Waals surface area contributed by atoms with E-state index in [1.54, 1.807) is 0 Å². The van der Waals surface area contributed by atoms with Crippen molar-refractivity contribution >= 4 is 5.91 Å². The van der Waals surface area contributed by atoms with Gasteiger partial charge in [0.2, 0.25) is 5.82 Å². The number of H-pyrrole nitrogens is 1. The lowest BCUT2D eigenvalue weighted by Gasteiger charge is -2.14. The molecule has 1 heterocycles. The fraction of sp³-hybridized carbons (Fsp3) is 0.750. The van der Waals surface area contributed by atoms with Crippen molar-refractivity contribution < 1.29 is 4.79 Å². The molecule has 0 radical (unpaired) electrons. The van der Waals surface area contributed by atoms with Crippen molar-refractivity contribution in [2.45, 2.75) is 58.9 Å². The molecule has 0 aromatic carbocycles. The van der Waals surface area contributed by atoms with Gasteiger partial charge in [-0.15, -0.1) is 5.10 Å². The van der Waals surface area contributed by atoms with Gasteiger partial charge >= 0.3 is 0 Å². The van der Waals surface area contributed by atoms with Crippen molar-refractivity contribution in [1.82, 2.24) is 20.5 Å². The Balaban J connectivity index is 2.55. The molecule has 2 N–H and O–H groups in total. The molecule has 0 aliphatic carbocycles. The van der Waals surface area contributed by atoms with E-state index in [1.165, 1.54) is 0 Å². The molecule has 1 aromatic rings. The maximum Gasteiger partial charge on any atom is 0.291 e. The van der Waals surface area contributed by atoms with Crippen LogP contribution in [0.25, 0.3) is 0 Å². The number of rotatable bonds is 7. The van der Waals surface area contributed by atoms with Gasteiger partial charge in [-0.1, -0.05) is 27.2 Å². The predicted molar refractivity (Wildman–Crippen MR) is 66.8 cm³/mol. The number of nitrogens with zero attached hydrogens (tertiary/aromatic N) is 2. The molecule has 17 heavy (non-hydrogen) atoms. The van der Waals surface area contributed by atoms with Crippen LogP contribution >= 0.6 is 0 Å². The van der Waals surface area contributed by atoms with Crippen molar-refractivity contribution in [3.63, 3.8) is 0 Å². The van der Waals surface area contributed by atoms with E-state index in [0.717, 1.165) is 37.9 Å². The van der Waals surface area contributed by atoms with E-state index in [-0.39, 0.29) is 17.8 Å². The standard InChI is InChI=1S/C12H22N4O/c1-4-7-9(6-3)13-12(17)11-14-10(8-5-2)15-16-11/h9H,4-8H2,1-3H3,(H,13,17)(H,14,15,16). The Hall–Kier alpha value is -1.39. The number of carbonyl (C=O) groups is 1. The molecule has 0 spiro atoms. The summed E-state index contributed by atoms with van der Waals surface area (Å²) in [7, 11) is 0. The molecule has 0 saturated carbocycles. The zero-order valence-corrected chi connectivity index (χ0v) is 10.9. The van der Waals surface area contributed by atoms with Gasteiger partial charge in [0.1, 0.15) is 5.82 Å². The molecule has 5 nitrogen and oxygen atoms in total. The second-order valence-electron chi connectivity index (χ2n) is 4.22. The van der Waals surface area contributed by atoms with E-state index in [2.05, 4.69) is 41.3 Å². The first-order valence-corrected chi connectivity index (χ1v) is 6.43. The summed E-state index contributed by atoms with van der Waals surface area (Å²) in [6.45, 7) is 6.25. The number of aromatic amines is 1. The summed E-state index contributed by atoms with van der Waals surface area (Å²) in [5.41, 5.74) is 0. The van der Waals surface area contributed by atoms with Crippen molar-refractivity contribution in [3.05, 3.63) is 11.6 Å². The van der Waals surface area contributed by atoms with Gasteiger partial charge in [0.05, 0.1) is 0 Å². The zero-order chi connectivity index (χ0) is 12.7. The first-order chi connectivity index (χ1) is 8.21. The van der Waals surface area contributed by atoms with E-state index >= 15 is 0 Å². The minimum Gasteiger partial charge on any atom is -0.347 e. The smallest absolute Gasteiger partial charge is 0.291 e. The SMILES string of the molecule is CCCc1nc(C(=O)NC(CC)CCC)n[nH]1. The number of carbonyl (C=O) groups excluding carboxylic acids is 1. The maximum atomic E-state index is 11.9. The predicted octanol–water partition coefficient (Wildman–Crippen LogP) is 2.07. The molecule has 1 amide bonds.